The number of fused-ring (bicyclic) bond motifs is 3. The number of aromatic nitrogens is 4. The molecule has 158 valence electrons. The second-order valence-corrected chi connectivity index (χ2v) is 9.36. The Labute approximate surface area is 176 Å². The standard InChI is InChI=1S/C22H28N6O2/c1-22(2,3)30-21(29)28-17-6-7-18(28)14-26(13-17)20-10-24-27-12-15(5-8-19(20)27)16-9-23-25(4)11-16/h5,8-12,17-18H,6-7,13-14H2,1-4H3. The number of amides is 1. The molecule has 2 unspecified atom stereocenters. The van der Waals surface area contributed by atoms with Gasteiger partial charge in [-0.2, -0.15) is 10.2 Å². The molecule has 0 radical (unpaired) electrons. The van der Waals surface area contributed by atoms with E-state index in [4.69, 9.17) is 4.74 Å². The average molecular weight is 409 g/mol. The van der Waals surface area contributed by atoms with Crippen LogP contribution in [0.4, 0.5) is 10.5 Å². The van der Waals surface area contributed by atoms with Gasteiger partial charge in [0.1, 0.15) is 5.60 Å². The van der Waals surface area contributed by atoms with Crippen LogP contribution in [-0.2, 0) is 11.8 Å². The molecule has 2 bridgehead atoms. The van der Waals surface area contributed by atoms with Crippen LogP contribution in [-0.4, -0.2) is 61.2 Å². The van der Waals surface area contributed by atoms with Gasteiger partial charge in [0.25, 0.3) is 0 Å². The fraction of sp³-hybridized carbons (Fsp3) is 0.500. The number of piperazine rings is 1. The molecule has 3 aromatic rings. The SMILES string of the molecule is Cn1cc(-c2ccc3c(N4CC5CCC(C4)N5C(=O)OC(C)(C)C)cnn3c2)cn1. The van der Waals surface area contributed by atoms with Crippen LogP contribution in [0.2, 0.25) is 0 Å². The third kappa shape index (κ3) is 3.30. The predicted molar refractivity (Wildman–Crippen MR) is 114 cm³/mol. The van der Waals surface area contributed by atoms with Crippen molar-refractivity contribution in [3.8, 4) is 11.1 Å². The molecule has 2 fully saturated rings. The summed E-state index contributed by atoms with van der Waals surface area (Å²) >= 11 is 0. The monoisotopic (exact) mass is 408 g/mol. The van der Waals surface area contributed by atoms with Crippen LogP contribution in [0.5, 0.6) is 0 Å². The Morgan fingerprint density at radius 2 is 1.77 bits per heavy atom. The summed E-state index contributed by atoms with van der Waals surface area (Å²) in [6.45, 7) is 7.37. The molecule has 2 aliphatic rings. The Hall–Kier alpha value is -3.03. The van der Waals surface area contributed by atoms with Crippen molar-refractivity contribution in [2.45, 2.75) is 51.3 Å². The Bertz CT molecular complexity index is 1080. The lowest BCUT2D eigenvalue weighted by Gasteiger charge is -2.42. The van der Waals surface area contributed by atoms with E-state index in [1.807, 2.05) is 62.0 Å². The van der Waals surface area contributed by atoms with Crippen LogP contribution in [0.3, 0.4) is 0 Å². The summed E-state index contributed by atoms with van der Waals surface area (Å²) in [4.78, 5) is 17.1. The smallest absolute Gasteiger partial charge is 0.410 e. The van der Waals surface area contributed by atoms with Crippen molar-refractivity contribution in [1.29, 1.82) is 0 Å². The summed E-state index contributed by atoms with van der Waals surface area (Å²) in [6.07, 6.45) is 9.69. The predicted octanol–water partition coefficient (Wildman–Crippen LogP) is 3.32. The van der Waals surface area contributed by atoms with E-state index in [1.165, 1.54) is 0 Å². The normalized spacial score (nSPS) is 21.5. The van der Waals surface area contributed by atoms with Crippen LogP contribution in [0.1, 0.15) is 33.6 Å². The van der Waals surface area contributed by atoms with E-state index in [2.05, 4.69) is 27.2 Å². The van der Waals surface area contributed by atoms with Crippen molar-refractivity contribution < 1.29 is 9.53 Å². The summed E-state index contributed by atoms with van der Waals surface area (Å²) < 4.78 is 9.39. The lowest BCUT2D eigenvalue weighted by atomic mass is 10.1. The van der Waals surface area contributed by atoms with Gasteiger partial charge in [-0.3, -0.25) is 9.58 Å². The topological polar surface area (TPSA) is 67.9 Å². The maximum Gasteiger partial charge on any atom is 0.410 e. The van der Waals surface area contributed by atoms with Crippen molar-refractivity contribution in [3.63, 3.8) is 0 Å². The van der Waals surface area contributed by atoms with Crippen molar-refractivity contribution in [3.05, 3.63) is 36.9 Å². The Morgan fingerprint density at radius 3 is 2.40 bits per heavy atom. The minimum absolute atomic E-state index is 0.184. The zero-order valence-electron chi connectivity index (χ0n) is 17.9. The first-order chi connectivity index (χ1) is 14.3. The Morgan fingerprint density at radius 1 is 1.03 bits per heavy atom. The molecule has 2 aliphatic heterocycles. The van der Waals surface area contributed by atoms with Gasteiger partial charge in [-0.15, -0.1) is 0 Å². The molecule has 0 aromatic carbocycles. The first-order valence-electron chi connectivity index (χ1n) is 10.5. The van der Waals surface area contributed by atoms with Crippen LogP contribution >= 0.6 is 0 Å². The number of pyridine rings is 1. The molecular weight excluding hydrogens is 380 g/mol. The van der Waals surface area contributed by atoms with Crippen LogP contribution in [0, 0.1) is 0 Å². The Kier molecular flexibility index (Phi) is 4.27. The number of aryl methyl sites for hydroxylation is 1. The fourth-order valence-electron chi connectivity index (χ4n) is 4.67. The summed E-state index contributed by atoms with van der Waals surface area (Å²) in [6, 6.07) is 4.60. The van der Waals surface area contributed by atoms with Crippen LogP contribution in [0.25, 0.3) is 16.6 Å². The number of anilines is 1. The van der Waals surface area contributed by atoms with Gasteiger partial charge in [0.2, 0.25) is 0 Å². The number of hydrogen-bond donors (Lipinski definition) is 0. The van der Waals surface area contributed by atoms with E-state index in [1.54, 1.807) is 4.68 Å². The summed E-state index contributed by atoms with van der Waals surface area (Å²) in [5, 5.41) is 8.86. The van der Waals surface area contributed by atoms with Crippen LogP contribution in [0.15, 0.2) is 36.9 Å². The molecule has 8 nitrogen and oxygen atoms in total. The molecule has 0 saturated carbocycles. The molecular formula is C22H28N6O2. The van der Waals surface area contributed by atoms with Gasteiger partial charge >= 0.3 is 6.09 Å². The molecule has 0 spiro atoms. The van der Waals surface area contributed by atoms with Gasteiger partial charge in [-0.25, -0.2) is 9.31 Å². The van der Waals surface area contributed by atoms with Crippen molar-refractivity contribution in [2.24, 2.45) is 7.05 Å². The molecule has 2 atom stereocenters. The molecule has 8 heteroatoms. The minimum atomic E-state index is -0.470. The third-order valence-corrected chi connectivity index (χ3v) is 5.96. The number of carbonyl (C=O) groups is 1. The highest BCUT2D eigenvalue weighted by Crippen LogP contribution is 2.35. The molecule has 30 heavy (non-hydrogen) atoms. The third-order valence-electron chi connectivity index (χ3n) is 5.96. The molecule has 3 aromatic heterocycles. The number of rotatable bonds is 2. The molecule has 0 N–H and O–H groups in total. The second kappa shape index (κ2) is 6.75. The molecule has 2 saturated heterocycles. The van der Waals surface area contributed by atoms with Gasteiger partial charge in [-0.1, -0.05) is 6.07 Å². The van der Waals surface area contributed by atoms with E-state index < -0.39 is 5.60 Å². The summed E-state index contributed by atoms with van der Waals surface area (Å²) in [5.74, 6) is 0. The minimum Gasteiger partial charge on any atom is -0.444 e. The highest BCUT2D eigenvalue weighted by atomic mass is 16.6. The van der Waals surface area contributed by atoms with E-state index >= 15 is 0 Å². The molecule has 5 rings (SSSR count). The lowest BCUT2D eigenvalue weighted by Crippen LogP contribution is -2.56. The van der Waals surface area contributed by atoms with E-state index in [0.717, 1.165) is 48.3 Å². The zero-order chi connectivity index (χ0) is 21.0. The van der Waals surface area contributed by atoms with Gasteiger partial charge in [0, 0.05) is 43.7 Å². The lowest BCUT2D eigenvalue weighted by molar-refractivity contribution is 0.0123. The fourth-order valence-corrected chi connectivity index (χ4v) is 4.67. The largest absolute Gasteiger partial charge is 0.444 e. The highest BCUT2D eigenvalue weighted by Gasteiger charge is 2.44. The first kappa shape index (κ1) is 19.0. The zero-order valence-corrected chi connectivity index (χ0v) is 17.9. The van der Waals surface area contributed by atoms with Gasteiger partial charge in [0.15, 0.2) is 0 Å². The van der Waals surface area contributed by atoms with Crippen molar-refractivity contribution in [2.75, 3.05) is 18.0 Å². The maximum absolute atomic E-state index is 12.7. The van der Waals surface area contributed by atoms with Crippen molar-refractivity contribution in [1.82, 2.24) is 24.3 Å². The van der Waals surface area contributed by atoms with E-state index in [9.17, 15) is 4.79 Å². The van der Waals surface area contributed by atoms with E-state index in [-0.39, 0.29) is 18.2 Å². The number of ether oxygens (including phenoxy) is 1. The quantitative estimate of drug-likeness (QED) is 0.651. The first-order valence-corrected chi connectivity index (χ1v) is 10.5. The summed E-state index contributed by atoms with van der Waals surface area (Å²) in [7, 11) is 1.92. The summed E-state index contributed by atoms with van der Waals surface area (Å²) in [5.41, 5.74) is 3.88. The van der Waals surface area contributed by atoms with Gasteiger partial charge < -0.3 is 9.64 Å². The highest BCUT2D eigenvalue weighted by molar-refractivity contribution is 5.76. The Balaban J connectivity index is 1.38. The number of hydrogen-bond acceptors (Lipinski definition) is 5. The maximum atomic E-state index is 12.7. The molecule has 1 amide bonds. The number of carbonyl (C=O) groups excluding carboxylic acids is 1. The average Bonchev–Trinajstić information content (AvgIpc) is 3.36. The number of nitrogens with zero attached hydrogens (tertiary/aromatic N) is 6. The van der Waals surface area contributed by atoms with Gasteiger partial charge in [0.05, 0.1) is 35.7 Å². The molecule has 0 aliphatic carbocycles. The van der Waals surface area contributed by atoms with E-state index in [0.29, 0.717) is 0 Å². The second-order valence-electron chi connectivity index (χ2n) is 9.36. The van der Waals surface area contributed by atoms with Crippen molar-refractivity contribution >= 4 is 17.3 Å². The van der Waals surface area contributed by atoms with Gasteiger partial charge in [-0.05, 0) is 39.7 Å². The molecule has 5 heterocycles. The van der Waals surface area contributed by atoms with Crippen LogP contribution < -0.4 is 4.90 Å².